The number of hydrogen-bond donors (Lipinski definition) is 4. The first kappa shape index (κ1) is 20.5. The molecule has 0 aromatic heterocycles. The maximum atomic E-state index is 12.7. The Kier molecular flexibility index (Phi) is 5.88. The molecule has 0 saturated carbocycles. The first-order valence-electron chi connectivity index (χ1n) is 8.29. The van der Waals surface area contributed by atoms with E-state index in [9.17, 15) is 16.8 Å². The van der Waals surface area contributed by atoms with E-state index in [-0.39, 0.29) is 36.0 Å². The smallest absolute Gasteiger partial charge is 0.243 e. The summed E-state index contributed by atoms with van der Waals surface area (Å²) in [5.74, 6) is 0. The van der Waals surface area contributed by atoms with Gasteiger partial charge >= 0.3 is 0 Å². The molecular weight excluding hydrogens is 408 g/mol. The van der Waals surface area contributed by atoms with Crippen molar-refractivity contribution >= 4 is 31.4 Å². The average Bonchev–Trinajstić information content (AvgIpc) is 2.74. The highest BCUT2D eigenvalue weighted by atomic mass is 32.2. The lowest BCUT2D eigenvalue weighted by Gasteiger charge is -2.33. The number of anilines is 2. The number of nitrogens with zero attached hydrogens (tertiary/aromatic N) is 2. The Hall–Kier alpha value is -2.22. The molecule has 3 rings (SSSR count). The van der Waals surface area contributed by atoms with Crippen molar-refractivity contribution in [1.82, 2.24) is 8.61 Å². The second kappa shape index (κ2) is 8.03. The lowest BCUT2D eigenvalue weighted by atomic mass is 10.3. The Morgan fingerprint density at radius 1 is 0.607 bits per heavy atom. The van der Waals surface area contributed by atoms with Gasteiger partial charge in [0, 0.05) is 26.2 Å². The molecule has 12 heteroatoms. The van der Waals surface area contributed by atoms with Crippen LogP contribution in [0.1, 0.15) is 0 Å². The third-order valence-corrected chi connectivity index (χ3v) is 8.27. The summed E-state index contributed by atoms with van der Waals surface area (Å²) < 4.78 is 53.4. The van der Waals surface area contributed by atoms with E-state index in [1.165, 1.54) is 57.1 Å². The highest BCUT2D eigenvalue weighted by Gasteiger charge is 2.33. The third-order valence-electron chi connectivity index (χ3n) is 4.44. The van der Waals surface area contributed by atoms with Crippen LogP contribution in [0.3, 0.4) is 0 Å². The van der Waals surface area contributed by atoms with Gasteiger partial charge in [0.15, 0.2) is 0 Å². The Balaban J connectivity index is 1.72. The van der Waals surface area contributed by atoms with Crippen LogP contribution in [-0.4, -0.2) is 62.0 Å². The molecule has 0 bridgehead atoms. The van der Waals surface area contributed by atoms with Crippen molar-refractivity contribution in [3.05, 3.63) is 48.5 Å². The molecule has 2 aromatic rings. The van der Waals surface area contributed by atoms with Crippen molar-refractivity contribution in [2.45, 2.75) is 9.79 Å². The van der Waals surface area contributed by atoms with Crippen LogP contribution >= 0.6 is 0 Å². The second-order valence-corrected chi connectivity index (χ2v) is 9.96. The minimum atomic E-state index is -3.76. The zero-order valence-corrected chi connectivity index (χ0v) is 16.3. The van der Waals surface area contributed by atoms with Gasteiger partial charge in [-0.05, 0) is 48.5 Å². The average molecular weight is 428 g/mol. The molecule has 0 atom stereocenters. The van der Waals surface area contributed by atoms with Crippen LogP contribution in [0.5, 0.6) is 0 Å². The van der Waals surface area contributed by atoms with Crippen molar-refractivity contribution in [3.63, 3.8) is 0 Å². The molecule has 0 radical (unpaired) electrons. The van der Waals surface area contributed by atoms with E-state index in [0.29, 0.717) is 11.4 Å². The largest absolute Gasteiger partial charge is 0.291 e. The van der Waals surface area contributed by atoms with Crippen LogP contribution in [0.2, 0.25) is 0 Å². The molecule has 1 saturated heterocycles. The van der Waals surface area contributed by atoms with Crippen molar-refractivity contribution in [2.75, 3.05) is 37.1 Å². The molecule has 0 unspecified atom stereocenters. The lowest BCUT2D eigenvalue weighted by Crippen LogP contribution is -2.50. The molecule has 0 spiro atoms. The highest BCUT2D eigenvalue weighted by Crippen LogP contribution is 2.23. The maximum absolute atomic E-state index is 12.7. The summed E-state index contributed by atoms with van der Waals surface area (Å²) in [6.07, 6.45) is 0. The van der Waals surface area contributed by atoms with Crippen LogP contribution in [0.25, 0.3) is 0 Å². The zero-order valence-electron chi connectivity index (χ0n) is 14.7. The lowest BCUT2D eigenvalue weighted by molar-refractivity contribution is 0.273. The van der Waals surface area contributed by atoms with E-state index in [0.717, 1.165) is 0 Å². The van der Waals surface area contributed by atoms with E-state index < -0.39 is 20.0 Å². The predicted molar refractivity (Wildman–Crippen MR) is 101 cm³/mol. The third kappa shape index (κ3) is 3.97. The van der Waals surface area contributed by atoms with Crippen LogP contribution in [0, 0.1) is 0 Å². The van der Waals surface area contributed by atoms with Gasteiger partial charge in [-0.1, -0.05) is 0 Å². The van der Waals surface area contributed by atoms with E-state index in [1.54, 1.807) is 0 Å². The molecular formula is C16H20N4O6S2. The molecule has 0 amide bonds. The van der Waals surface area contributed by atoms with Gasteiger partial charge in [-0.2, -0.15) is 8.61 Å². The van der Waals surface area contributed by atoms with Gasteiger partial charge in [-0.25, -0.2) is 16.8 Å². The van der Waals surface area contributed by atoms with Crippen molar-refractivity contribution in [2.24, 2.45) is 0 Å². The summed E-state index contributed by atoms with van der Waals surface area (Å²) in [5.41, 5.74) is 4.58. The molecule has 1 aliphatic rings. The molecule has 1 heterocycles. The van der Waals surface area contributed by atoms with Gasteiger partial charge in [-0.3, -0.25) is 21.4 Å². The molecule has 1 fully saturated rings. The van der Waals surface area contributed by atoms with Crippen LogP contribution < -0.4 is 11.0 Å². The normalized spacial score (nSPS) is 16.6. The summed E-state index contributed by atoms with van der Waals surface area (Å²) in [6.45, 7) is 0.103. The fourth-order valence-corrected chi connectivity index (χ4v) is 5.70. The Morgan fingerprint density at radius 3 is 1.14 bits per heavy atom. The standard InChI is InChI=1S/C16H20N4O6S2/c21-17-13-1-5-15(6-2-13)27(23,24)19-9-11-20(12-10-19)28(25,26)16-7-3-14(18-22)4-8-16/h1-8,17-18,21-22H,9-12H2. The highest BCUT2D eigenvalue weighted by molar-refractivity contribution is 7.89. The minimum absolute atomic E-state index is 0.0256. The van der Waals surface area contributed by atoms with Gasteiger partial charge in [0.05, 0.1) is 21.2 Å². The fraction of sp³-hybridized carbons (Fsp3) is 0.250. The number of hydrogen-bond acceptors (Lipinski definition) is 8. The van der Waals surface area contributed by atoms with E-state index in [4.69, 9.17) is 10.4 Å². The van der Waals surface area contributed by atoms with Crippen LogP contribution in [-0.2, 0) is 20.0 Å². The fourth-order valence-electron chi connectivity index (χ4n) is 2.85. The second-order valence-electron chi connectivity index (χ2n) is 6.08. The van der Waals surface area contributed by atoms with Gasteiger partial charge in [0.25, 0.3) is 0 Å². The maximum Gasteiger partial charge on any atom is 0.243 e. The monoisotopic (exact) mass is 428 g/mol. The number of piperazine rings is 1. The first-order valence-corrected chi connectivity index (χ1v) is 11.2. The van der Waals surface area contributed by atoms with Gasteiger partial charge < -0.3 is 0 Å². The topological polar surface area (TPSA) is 139 Å². The molecule has 4 N–H and O–H groups in total. The van der Waals surface area contributed by atoms with E-state index in [2.05, 4.69) is 0 Å². The SMILES string of the molecule is O=S(=O)(c1ccc(NO)cc1)N1CCN(S(=O)(=O)c2ccc(NO)cc2)CC1. The van der Waals surface area contributed by atoms with Crippen molar-refractivity contribution in [3.8, 4) is 0 Å². The Morgan fingerprint density at radius 2 is 0.893 bits per heavy atom. The van der Waals surface area contributed by atoms with Gasteiger partial charge in [-0.15, -0.1) is 0 Å². The van der Waals surface area contributed by atoms with Gasteiger partial charge in [0.2, 0.25) is 20.0 Å². The van der Waals surface area contributed by atoms with E-state index in [1.807, 2.05) is 11.0 Å². The molecule has 152 valence electrons. The first-order chi connectivity index (χ1) is 13.3. The Bertz CT molecular complexity index is 930. The minimum Gasteiger partial charge on any atom is -0.291 e. The predicted octanol–water partition coefficient (Wildman–Crippen LogP) is 0.984. The number of nitrogens with one attached hydrogen (secondary N) is 2. The molecule has 0 aliphatic carbocycles. The number of sulfonamides is 2. The molecule has 2 aromatic carbocycles. The van der Waals surface area contributed by atoms with Crippen LogP contribution in [0.15, 0.2) is 58.3 Å². The van der Waals surface area contributed by atoms with E-state index >= 15 is 0 Å². The molecule has 28 heavy (non-hydrogen) atoms. The molecule has 10 nitrogen and oxygen atoms in total. The Labute approximate surface area is 163 Å². The summed E-state index contributed by atoms with van der Waals surface area (Å²) in [6, 6.07) is 11.2. The summed E-state index contributed by atoms with van der Waals surface area (Å²) in [4.78, 5) is 0.129. The summed E-state index contributed by atoms with van der Waals surface area (Å²) in [5, 5.41) is 17.6. The van der Waals surface area contributed by atoms with Gasteiger partial charge in [0.1, 0.15) is 0 Å². The van der Waals surface area contributed by atoms with Crippen LogP contribution in [0.4, 0.5) is 11.4 Å². The number of benzene rings is 2. The number of rotatable bonds is 6. The quantitative estimate of drug-likeness (QED) is 0.500. The van der Waals surface area contributed by atoms with Crippen molar-refractivity contribution < 1.29 is 27.3 Å². The van der Waals surface area contributed by atoms with Crippen molar-refractivity contribution in [1.29, 1.82) is 0 Å². The zero-order chi connectivity index (χ0) is 20.4. The summed E-state index contributed by atoms with van der Waals surface area (Å²) in [7, 11) is -7.53. The molecule has 1 aliphatic heterocycles. The summed E-state index contributed by atoms with van der Waals surface area (Å²) >= 11 is 0.